The number of hydrogen-bond donors (Lipinski definition) is 1. The van der Waals surface area contributed by atoms with Gasteiger partial charge in [-0.15, -0.1) is 0 Å². The van der Waals surface area contributed by atoms with E-state index in [9.17, 15) is 14.0 Å². The quantitative estimate of drug-likeness (QED) is 0.511. The largest absolute Gasteiger partial charge is 0.351 e. The van der Waals surface area contributed by atoms with Crippen LogP contribution in [-0.2, 0) is 0 Å². The van der Waals surface area contributed by atoms with Crippen LogP contribution in [-0.4, -0.2) is 25.3 Å². The van der Waals surface area contributed by atoms with Crippen LogP contribution in [0.5, 0.6) is 0 Å². The van der Waals surface area contributed by atoms with Gasteiger partial charge < -0.3 is 4.98 Å². The summed E-state index contributed by atoms with van der Waals surface area (Å²) >= 11 is 0. The molecule has 0 saturated heterocycles. The fraction of sp³-hybridized carbons (Fsp3) is 0. The molecule has 120 valence electrons. The van der Waals surface area contributed by atoms with Crippen LogP contribution in [0.4, 0.5) is 4.39 Å². The number of nitrogens with zero attached hydrogens (tertiary/aromatic N) is 3. The second-order valence-electron chi connectivity index (χ2n) is 5.75. The van der Waals surface area contributed by atoms with E-state index in [1.807, 2.05) is 0 Å². The molecular formula is C18H9FN4O2. The molecule has 6 nitrogen and oxygen atoms in total. The Morgan fingerprint density at radius 2 is 1.96 bits per heavy atom. The van der Waals surface area contributed by atoms with Crippen LogP contribution in [0.25, 0.3) is 27.8 Å². The first-order chi connectivity index (χ1) is 12.1. The highest BCUT2D eigenvalue weighted by atomic mass is 19.1. The van der Waals surface area contributed by atoms with Crippen molar-refractivity contribution >= 4 is 16.7 Å². The van der Waals surface area contributed by atoms with Gasteiger partial charge >= 0.3 is 0 Å². The van der Waals surface area contributed by atoms with Gasteiger partial charge in [0.25, 0.3) is 5.56 Å². The molecule has 7 heteroatoms. The number of aromatic amines is 1. The van der Waals surface area contributed by atoms with Crippen molar-refractivity contribution in [2.75, 3.05) is 0 Å². The van der Waals surface area contributed by atoms with Gasteiger partial charge in [0, 0.05) is 11.8 Å². The lowest BCUT2D eigenvalue weighted by Gasteiger charge is -2.06. The van der Waals surface area contributed by atoms with Crippen molar-refractivity contribution in [1.82, 2.24) is 19.5 Å². The number of fused-ring (bicyclic) bond motifs is 4. The third kappa shape index (κ3) is 1.83. The predicted molar refractivity (Wildman–Crippen MR) is 88.3 cm³/mol. The summed E-state index contributed by atoms with van der Waals surface area (Å²) in [6.07, 6.45) is 3.28. The van der Waals surface area contributed by atoms with Gasteiger partial charge in [0.15, 0.2) is 5.82 Å². The molecule has 1 N–H and O–H groups in total. The maximum Gasteiger partial charge on any atom is 0.266 e. The zero-order valence-electron chi connectivity index (χ0n) is 12.7. The van der Waals surface area contributed by atoms with Crippen molar-refractivity contribution in [3.63, 3.8) is 0 Å². The lowest BCUT2D eigenvalue weighted by atomic mass is 10.1. The normalized spacial score (nSPS) is 12.4. The number of carbonyl (C=O) groups is 1. The number of carbonyl (C=O) groups excluding carboxylic acids is 1. The fourth-order valence-electron chi connectivity index (χ4n) is 3.14. The van der Waals surface area contributed by atoms with Gasteiger partial charge in [0.2, 0.25) is 5.78 Å². The zero-order chi connectivity index (χ0) is 17.1. The lowest BCUT2D eigenvalue weighted by Crippen LogP contribution is -2.21. The highest BCUT2D eigenvalue weighted by Crippen LogP contribution is 2.28. The highest BCUT2D eigenvalue weighted by molar-refractivity contribution is 6.13. The van der Waals surface area contributed by atoms with Crippen molar-refractivity contribution in [3.05, 3.63) is 76.5 Å². The smallest absolute Gasteiger partial charge is 0.266 e. The van der Waals surface area contributed by atoms with E-state index in [0.717, 1.165) is 11.6 Å². The summed E-state index contributed by atoms with van der Waals surface area (Å²) in [7, 11) is 0. The molecule has 3 heterocycles. The number of nitrogens with one attached hydrogen (secondary N) is 1. The summed E-state index contributed by atoms with van der Waals surface area (Å²) in [5, 5.41) is 0.382. The van der Waals surface area contributed by atoms with Crippen LogP contribution in [0.15, 0.2) is 53.7 Å². The van der Waals surface area contributed by atoms with Gasteiger partial charge in [0.05, 0.1) is 34.2 Å². The first kappa shape index (κ1) is 13.8. The van der Waals surface area contributed by atoms with Gasteiger partial charge in [-0.1, -0.05) is 6.07 Å². The number of rotatable bonds is 1. The second-order valence-corrected chi connectivity index (χ2v) is 5.75. The van der Waals surface area contributed by atoms with E-state index in [-0.39, 0.29) is 16.9 Å². The number of aromatic nitrogens is 4. The standard InChI is InChI=1S/C18H9FN4O2/c19-10-2-4-15-12(6-10)16(24)17-22-13-5-9(14-7-20-8-21-14)1-3-11(13)18(25)23(15)17/h1-8H,(H,20,21). The van der Waals surface area contributed by atoms with Crippen LogP contribution in [0.3, 0.4) is 0 Å². The van der Waals surface area contributed by atoms with E-state index in [1.165, 1.54) is 16.7 Å². The summed E-state index contributed by atoms with van der Waals surface area (Å²) in [4.78, 5) is 36.8. The zero-order valence-corrected chi connectivity index (χ0v) is 12.7. The minimum Gasteiger partial charge on any atom is -0.351 e. The van der Waals surface area contributed by atoms with Crippen LogP contribution >= 0.6 is 0 Å². The first-order valence-corrected chi connectivity index (χ1v) is 7.54. The first-order valence-electron chi connectivity index (χ1n) is 7.54. The summed E-state index contributed by atoms with van der Waals surface area (Å²) < 4.78 is 14.7. The van der Waals surface area contributed by atoms with Gasteiger partial charge in [-0.3, -0.25) is 14.2 Å². The molecule has 0 atom stereocenters. The third-order valence-electron chi connectivity index (χ3n) is 4.31. The molecule has 4 aromatic rings. The molecule has 5 rings (SSSR count). The summed E-state index contributed by atoms with van der Waals surface area (Å²) in [5.74, 6) is -0.991. The Kier molecular flexibility index (Phi) is 2.59. The Hall–Kier alpha value is -3.61. The molecule has 0 unspecified atom stereocenters. The Labute approximate surface area is 139 Å². The Balaban J connectivity index is 1.82. The number of hydrogen-bond acceptors (Lipinski definition) is 4. The maximum atomic E-state index is 13.5. The second kappa shape index (κ2) is 4.70. The fourth-order valence-corrected chi connectivity index (χ4v) is 3.14. The number of benzene rings is 2. The van der Waals surface area contributed by atoms with E-state index in [2.05, 4.69) is 15.0 Å². The molecule has 0 aliphatic carbocycles. The average Bonchev–Trinajstić information content (AvgIpc) is 3.23. The number of ketones is 1. The highest BCUT2D eigenvalue weighted by Gasteiger charge is 2.30. The molecule has 0 saturated carbocycles. The summed E-state index contributed by atoms with van der Waals surface area (Å²) in [6, 6.07) is 8.92. The SMILES string of the molecule is O=C1c2cc(F)ccc2-n2c1nc1cc(-c3c[nH]cn3)ccc1c2=O. The lowest BCUT2D eigenvalue weighted by molar-refractivity contribution is 0.103. The van der Waals surface area contributed by atoms with Crippen molar-refractivity contribution in [3.8, 4) is 16.9 Å². The monoisotopic (exact) mass is 332 g/mol. The molecule has 1 aliphatic rings. The van der Waals surface area contributed by atoms with E-state index < -0.39 is 11.6 Å². The molecule has 0 fully saturated rings. The average molecular weight is 332 g/mol. The van der Waals surface area contributed by atoms with E-state index in [4.69, 9.17) is 0 Å². The summed E-state index contributed by atoms with van der Waals surface area (Å²) in [6.45, 7) is 0. The topological polar surface area (TPSA) is 80.6 Å². The third-order valence-corrected chi connectivity index (χ3v) is 4.31. The Bertz CT molecular complexity index is 1240. The Morgan fingerprint density at radius 3 is 2.76 bits per heavy atom. The molecule has 0 amide bonds. The molecule has 0 bridgehead atoms. The van der Waals surface area contributed by atoms with Gasteiger partial charge in [-0.05, 0) is 30.3 Å². The molecule has 1 aliphatic heterocycles. The minimum absolute atomic E-state index is 0.00252. The van der Waals surface area contributed by atoms with Gasteiger partial charge in [0.1, 0.15) is 5.82 Å². The van der Waals surface area contributed by atoms with Gasteiger partial charge in [-0.2, -0.15) is 0 Å². The molecular weight excluding hydrogens is 323 g/mol. The Morgan fingerprint density at radius 1 is 1.08 bits per heavy atom. The van der Waals surface area contributed by atoms with E-state index in [0.29, 0.717) is 22.3 Å². The number of H-pyrrole nitrogens is 1. The van der Waals surface area contributed by atoms with Gasteiger partial charge in [-0.25, -0.2) is 14.4 Å². The molecule has 0 spiro atoms. The van der Waals surface area contributed by atoms with Crippen molar-refractivity contribution in [2.45, 2.75) is 0 Å². The van der Waals surface area contributed by atoms with E-state index >= 15 is 0 Å². The van der Waals surface area contributed by atoms with Crippen LogP contribution < -0.4 is 5.56 Å². The van der Waals surface area contributed by atoms with Crippen molar-refractivity contribution < 1.29 is 9.18 Å². The molecule has 2 aromatic heterocycles. The van der Waals surface area contributed by atoms with E-state index in [1.54, 1.807) is 30.7 Å². The molecule has 0 radical (unpaired) electrons. The van der Waals surface area contributed by atoms with Crippen LogP contribution in [0.2, 0.25) is 0 Å². The van der Waals surface area contributed by atoms with Crippen molar-refractivity contribution in [1.29, 1.82) is 0 Å². The predicted octanol–water partition coefficient (Wildman–Crippen LogP) is 2.46. The van der Waals surface area contributed by atoms with Crippen LogP contribution in [0, 0.1) is 5.82 Å². The summed E-state index contributed by atoms with van der Waals surface area (Å²) in [5.41, 5.74) is 2.04. The van der Waals surface area contributed by atoms with Crippen molar-refractivity contribution in [2.24, 2.45) is 0 Å². The minimum atomic E-state index is -0.529. The van der Waals surface area contributed by atoms with Crippen LogP contribution in [0.1, 0.15) is 16.2 Å². The number of halogens is 1. The number of imidazole rings is 1. The maximum absolute atomic E-state index is 13.5. The molecule has 25 heavy (non-hydrogen) atoms. The molecule has 2 aromatic carbocycles.